The summed E-state index contributed by atoms with van der Waals surface area (Å²) < 4.78 is 5.86. The van der Waals surface area contributed by atoms with Gasteiger partial charge in [0.25, 0.3) is 0 Å². The maximum Gasteiger partial charge on any atom is 0.242 e. The summed E-state index contributed by atoms with van der Waals surface area (Å²) in [6.07, 6.45) is 0.959. The normalized spacial score (nSPS) is 21.7. The number of benzene rings is 1. The van der Waals surface area contributed by atoms with Crippen molar-refractivity contribution in [1.29, 1.82) is 0 Å². The number of amides is 2. The molecule has 0 spiro atoms. The number of carbonyl (C=O) groups excluding carboxylic acids is 2. The second-order valence-corrected chi connectivity index (χ2v) is 6.61. The third kappa shape index (κ3) is 3.55. The molecule has 0 N–H and O–H groups in total. The van der Waals surface area contributed by atoms with Crippen LogP contribution in [0.4, 0.5) is 0 Å². The van der Waals surface area contributed by atoms with Gasteiger partial charge in [0.05, 0.1) is 19.3 Å². The van der Waals surface area contributed by atoms with Crippen LogP contribution in [0.1, 0.15) is 24.5 Å². The molecule has 1 aromatic carbocycles. The lowest BCUT2D eigenvalue weighted by Crippen LogP contribution is -2.57. The molecule has 0 aromatic heterocycles. The van der Waals surface area contributed by atoms with Crippen molar-refractivity contribution in [2.75, 3.05) is 26.2 Å². The topological polar surface area (TPSA) is 49.9 Å². The average Bonchev–Trinajstić information content (AvgIpc) is 2.79. The first-order chi connectivity index (χ1) is 11.0. The molecule has 2 heterocycles. The van der Waals surface area contributed by atoms with E-state index < -0.39 is 0 Å². The van der Waals surface area contributed by atoms with E-state index in [1.54, 1.807) is 9.80 Å². The number of nitrogens with zero attached hydrogens (tertiary/aromatic N) is 2. The highest BCUT2D eigenvalue weighted by Gasteiger charge is 2.35. The van der Waals surface area contributed by atoms with Gasteiger partial charge in [0.1, 0.15) is 0 Å². The van der Waals surface area contributed by atoms with Crippen molar-refractivity contribution in [2.24, 2.45) is 5.92 Å². The van der Waals surface area contributed by atoms with E-state index in [0.717, 1.165) is 6.42 Å². The predicted octanol–water partition coefficient (Wildman–Crippen LogP) is 1.59. The van der Waals surface area contributed by atoms with Crippen LogP contribution in [0.5, 0.6) is 0 Å². The lowest BCUT2D eigenvalue weighted by Gasteiger charge is -2.39. The van der Waals surface area contributed by atoms with E-state index in [1.165, 1.54) is 11.1 Å². The molecular formula is C18H24N2O3. The molecule has 3 rings (SSSR count). The number of hydrogen-bond donors (Lipinski definition) is 0. The van der Waals surface area contributed by atoms with Crippen LogP contribution in [-0.4, -0.2) is 53.9 Å². The predicted molar refractivity (Wildman–Crippen MR) is 86.7 cm³/mol. The Labute approximate surface area is 137 Å². The van der Waals surface area contributed by atoms with Gasteiger partial charge in [-0.3, -0.25) is 9.59 Å². The van der Waals surface area contributed by atoms with Crippen molar-refractivity contribution in [2.45, 2.75) is 33.0 Å². The number of ether oxygens (including phenoxy) is 1. The Kier molecular flexibility index (Phi) is 4.66. The zero-order chi connectivity index (χ0) is 16.4. The van der Waals surface area contributed by atoms with E-state index in [-0.39, 0.29) is 30.4 Å². The smallest absolute Gasteiger partial charge is 0.242 e. The van der Waals surface area contributed by atoms with Gasteiger partial charge in [0, 0.05) is 25.6 Å². The number of hydrogen-bond acceptors (Lipinski definition) is 3. The van der Waals surface area contributed by atoms with Gasteiger partial charge in [-0.05, 0) is 24.5 Å². The van der Waals surface area contributed by atoms with Gasteiger partial charge in [0.15, 0.2) is 0 Å². The highest BCUT2D eigenvalue weighted by atomic mass is 16.5. The fourth-order valence-corrected chi connectivity index (χ4v) is 3.04. The maximum atomic E-state index is 12.2. The number of carbonyl (C=O) groups is 2. The molecule has 0 radical (unpaired) electrons. The van der Waals surface area contributed by atoms with Crippen molar-refractivity contribution >= 4 is 11.8 Å². The van der Waals surface area contributed by atoms with E-state index in [0.29, 0.717) is 26.2 Å². The number of aryl methyl sites for hydroxylation is 1. The Morgan fingerprint density at radius 1 is 1.30 bits per heavy atom. The average molecular weight is 316 g/mol. The fourth-order valence-electron chi connectivity index (χ4n) is 3.04. The molecular weight excluding hydrogens is 292 g/mol. The Bertz CT molecular complexity index is 596. The minimum absolute atomic E-state index is 0.0307. The minimum Gasteiger partial charge on any atom is -0.370 e. The minimum atomic E-state index is 0.0307. The van der Waals surface area contributed by atoms with Gasteiger partial charge in [-0.25, -0.2) is 0 Å². The summed E-state index contributed by atoms with van der Waals surface area (Å²) >= 11 is 0. The second-order valence-electron chi connectivity index (χ2n) is 6.61. The van der Waals surface area contributed by atoms with Crippen molar-refractivity contribution in [3.05, 3.63) is 35.4 Å². The van der Waals surface area contributed by atoms with Crippen LogP contribution < -0.4 is 0 Å². The lowest BCUT2D eigenvalue weighted by atomic mass is 10.1. The summed E-state index contributed by atoms with van der Waals surface area (Å²) in [6, 6.07) is 8.17. The molecule has 2 aliphatic rings. The Morgan fingerprint density at radius 2 is 2.04 bits per heavy atom. The van der Waals surface area contributed by atoms with Gasteiger partial charge >= 0.3 is 0 Å². The summed E-state index contributed by atoms with van der Waals surface area (Å²) in [5.74, 6) is 0.193. The summed E-state index contributed by atoms with van der Waals surface area (Å²) in [5, 5.41) is 0. The van der Waals surface area contributed by atoms with Gasteiger partial charge in [-0.1, -0.05) is 31.2 Å². The molecule has 5 nitrogen and oxygen atoms in total. The van der Waals surface area contributed by atoms with Crippen molar-refractivity contribution < 1.29 is 14.3 Å². The highest BCUT2D eigenvalue weighted by molar-refractivity contribution is 5.87. The molecule has 1 unspecified atom stereocenters. The summed E-state index contributed by atoms with van der Waals surface area (Å²) in [6.45, 7) is 6.75. The van der Waals surface area contributed by atoms with E-state index in [9.17, 15) is 9.59 Å². The van der Waals surface area contributed by atoms with Crippen LogP contribution >= 0.6 is 0 Å². The van der Waals surface area contributed by atoms with E-state index in [1.807, 2.05) is 19.1 Å². The molecule has 2 saturated heterocycles. The molecule has 2 amide bonds. The van der Waals surface area contributed by atoms with Crippen LogP contribution in [0.3, 0.4) is 0 Å². The molecule has 5 heteroatoms. The Morgan fingerprint density at radius 3 is 2.70 bits per heavy atom. The van der Waals surface area contributed by atoms with Crippen molar-refractivity contribution in [1.82, 2.24) is 9.80 Å². The fraction of sp³-hybridized carbons (Fsp3) is 0.556. The van der Waals surface area contributed by atoms with E-state index in [4.69, 9.17) is 4.74 Å². The van der Waals surface area contributed by atoms with Crippen LogP contribution in [0.2, 0.25) is 0 Å². The molecule has 0 aliphatic carbocycles. The van der Waals surface area contributed by atoms with Gasteiger partial charge in [-0.2, -0.15) is 0 Å². The maximum absolute atomic E-state index is 12.2. The molecule has 2 fully saturated rings. The van der Waals surface area contributed by atoms with Crippen molar-refractivity contribution in [3.63, 3.8) is 0 Å². The quantitative estimate of drug-likeness (QED) is 0.829. The number of likely N-dealkylation sites (tertiary alicyclic amines) is 2. The first kappa shape index (κ1) is 16.0. The van der Waals surface area contributed by atoms with Gasteiger partial charge in [-0.15, -0.1) is 0 Å². The lowest BCUT2D eigenvalue weighted by molar-refractivity contribution is -0.149. The zero-order valence-electron chi connectivity index (χ0n) is 13.8. The molecule has 1 aromatic rings. The molecule has 0 saturated carbocycles. The highest BCUT2D eigenvalue weighted by Crippen LogP contribution is 2.19. The Hall–Kier alpha value is -1.88. The first-order valence-corrected chi connectivity index (χ1v) is 8.27. The van der Waals surface area contributed by atoms with Crippen LogP contribution in [-0.2, 0) is 20.9 Å². The summed E-state index contributed by atoms with van der Waals surface area (Å²) in [7, 11) is 0. The largest absolute Gasteiger partial charge is 0.370 e. The van der Waals surface area contributed by atoms with Crippen molar-refractivity contribution in [3.8, 4) is 0 Å². The van der Waals surface area contributed by atoms with E-state index >= 15 is 0 Å². The Balaban J connectivity index is 1.40. The molecule has 1 atom stereocenters. The zero-order valence-corrected chi connectivity index (χ0v) is 13.8. The molecule has 0 bridgehead atoms. The summed E-state index contributed by atoms with van der Waals surface area (Å²) in [5.41, 5.74) is 2.41. The third-order valence-corrected chi connectivity index (χ3v) is 4.83. The number of rotatable bonds is 5. The van der Waals surface area contributed by atoms with Gasteiger partial charge in [0.2, 0.25) is 11.8 Å². The first-order valence-electron chi connectivity index (χ1n) is 8.27. The van der Waals surface area contributed by atoms with Crippen LogP contribution in [0.15, 0.2) is 24.3 Å². The standard InChI is InChI=1S/C18H24N2O3/c1-13-5-3-4-6-15(13)12-23-16-9-20(10-16)17(21)11-19-8-7-14(2)18(19)22/h3-6,14,16H,7-12H2,1-2H3. The van der Waals surface area contributed by atoms with Gasteiger partial charge < -0.3 is 14.5 Å². The third-order valence-electron chi connectivity index (χ3n) is 4.83. The summed E-state index contributed by atoms with van der Waals surface area (Å²) in [4.78, 5) is 27.5. The van der Waals surface area contributed by atoms with E-state index in [2.05, 4.69) is 19.1 Å². The molecule has 23 heavy (non-hydrogen) atoms. The van der Waals surface area contributed by atoms with Crippen LogP contribution in [0, 0.1) is 12.8 Å². The second kappa shape index (κ2) is 6.71. The molecule has 2 aliphatic heterocycles. The molecule has 124 valence electrons. The SMILES string of the molecule is Cc1ccccc1COC1CN(C(=O)CN2CCC(C)C2=O)C1. The monoisotopic (exact) mass is 316 g/mol. The van der Waals surface area contributed by atoms with Crippen LogP contribution in [0.25, 0.3) is 0 Å².